The number of rotatable bonds is 4. The van der Waals surface area contributed by atoms with Crippen LogP contribution in [0.3, 0.4) is 0 Å². The van der Waals surface area contributed by atoms with Crippen LogP contribution in [0.25, 0.3) is 71.8 Å². The quantitative estimate of drug-likeness (QED) is 0.207. The molecular weight excluding hydrogens is 550 g/mol. The van der Waals surface area contributed by atoms with E-state index in [9.17, 15) is 0 Å². The summed E-state index contributed by atoms with van der Waals surface area (Å²) in [6.07, 6.45) is 4.26. The predicted octanol–water partition coefficient (Wildman–Crippen LogP) is 9.34. The van der Waals surface area contributed by atoms with Gasteiger partial charge in [0, 0.05) is 54.2 Å². The monoisotopic (exact) mass is 581 g/mol. The van der Waals surface area contributed by atoms with Gasteiger partial charge in [-0.15, -0.1) is 0 Å². The molecule has 2 aromatic heterocycles. The molecule has 0 unspecified atom stereocenters. The molecule has 3 heterocycles. The summed E-state index contributed by atoms with van der Waals surface area (Å²) < 4.78 is 4.62. The minimum absolute atomic E-state index is 0.833. The molecule has 216 valence electrons. The van der Waals surface area contributed by atoms with Gasteiger partial charge in [0.1, 0.15) is 5.82 Å². The smallest absolute Gasteiger partial charge is 0.140 e. The summed E-state index contributed by atoms with van der Waals surface area (Å²) in [6, 6.07) is 46.2. The van der Waals surface area contributed by atoms with Crippen LogP contribution in [0, 0.1) is 0 Å². The number of fused-ring (bicyclic) bond motifs is 5. The van der Waals surface area contributed by atoms with Gasteiger partial charge in [-0.3, -0.25) is 0 Å². The highest BCUT2D eigenvalue weighted by molar-refractivity contribution is 6.11. The van der Waals surface area contributed by atoms with Crippen LogP contribution < -0.4 is 4.90 Å². The molecule has 0 bridgehead atoms. The summed E-state index contributed by atoms with van der Waals surface area (Å²) in [5.41, 5.74) is 10.3. The highest BCUT2D eigenvalue weighted by Crippen LogP contribution is 2.38. The van der Waals surface area contributed by atoms with E-state index < -0.39 is 0 Å². The van der Waals surface area contributed by atoms with Crippen molar-refractivity contribution in [3.8, 4) is 28.2 Å². The Morgan fingerprint density at radius 3 is 2.02 bits per heavy atom. The number of anilines is 1. The van der Waals surface area contributed by atoms with Gasteiger partial charge in [-0.25, -0.2) is 4.98 Å². The van der Waals surface area contributed by atoms with Gasteiger partial charge in [0.25, 0.3) is 0 Å². The molecule has 6 aromatic carbocycles. The normalized spacial score (nSPS) is 13.3. The molecule has 0 spiro atoms. The van der Waals surface area contributed by atoms with Crippen molar-refractivity contribution in [1.82, 2.24) is 19.0 Å². The van der Waals surface area contributed by atoms with Crippen LogP contribution in [0.2, 0.25) is 0 Å². The molecule has 0 atom stereocenters. The molecule has 9 rings (SSSR count). The van der Waals surface area contributed by atoms with Crippen molar-refractivity contribution < 1.29 is 0 Å². The van der Waals surface area contributed by atoms with E-state index in [1.54, 1.807) is 0 Å². The molecule has 0 aliphatic carbocycles. The second-order valence-corrected chi connectivity index (χ2v) is 12.0. The van der Waals surface area contributed by atoms with Crippen molar-refractivity contribution in [2.45, 2.75) is 0 Å². The third kappa shape index (κ3) is 4.12. The SMILES string of the molecule is CN1C=CN(c2cccc(-n3c4cc(-c5ccc6ccccc6c5)ccc4c4ccc(-c5nc6ccccc6n5C)cc43)c2)C1. The lowest BCUT2D eigenvalue weighted by Gasteiger charge is -2.19. The molecule has 0 radical (unpaired) electrons. The zero-order valence-electron chi connectivity index (χ0n) is 25.2. The maximum Gasteiger partial charge on any atom is 0.140 e. The zero-order chi connectivity index (χ0) is 30.1. The van der Waals surface area contributed by atoms with Gasteiger partial charge in [-0.1, -0.05) is 78.9 Å². The molecule has 0 N–H and O–H groups in total. The number of hydrogen-bond donors (Lipinski definition) is 0. The highest BCUT2D eigenvalue weighted by Gasteiger charge is 2.18. The molecule has 45 heavy (non-hydrogen) atoms. The van der Waals surface area contributed by atoms with Crippen LogP contribution in [0.1, 0.15) is 0 Å². The van der Waals surface area contributed by atoms with Crippen LogP contribution in [-0.2, 0) is 7.05 Å². The van der Waals surface area contributed by atoms with Crippen LogP contribution >= 0.6 is 0 Å². The van der Waals surface area contributed by atoms with Crippen LogP contribution in [0.4, 0.5) is 5.69 Å². The van der Waals surface area contributed by atoms with Gasteiger partial charge >= 0.3 is 0 Å². The predicted molar refractivity (Wildman–Crippen MR) is 188 cm³/mol. The fourth-order valence-electron chi connectivity index (χ4n) is 6.90. The van der Waals surface area contributed by atoms with Crippen molar-refractivity contribution in [2.75, 3.05) is 18.6 Å². The van der Waals surface area contributed by atoms with Crippen molar-refractivity contribution in [3.63, 3.8) is 0 Å². The van der Waals surface area contributed by atoms with E-state index in [0.29, 0.717) is 0 Å². The molecule has 5 nitrogen and oxygen atoms in total. The molecule has 0 saturated carbocycles. The number of benzene rings is 6. The second-order valence-electron chi connectivity index (χ2n) is 12.0. The number of imidazole rings is 1. The number of aromatic nitrogens is 3. The summed E-state index contributed by atoms with van der Waals surface area (Å²) in [7, 11) is 4.20. The van der Waals surface area contributed by atoms with Gasteiger partial charge in [0.15, 0.2) is 0 Å². The Kier molecular flexibility index (Phi) is 5.62. The van der Waals surface area contributed by atoms with E-state index in [1.165, 1.54) is 43.9 Å². The Labute approximate surface area is 261 Å². The first-order chi connectivity index (χ1) is 22.1. The molecule has 0 amide bonds. The maximum atomic E-state index is 5.03. The van der Waals surface area contributed by atoms with E-state index in [4.69, 9.17) is 4.98 Å². The summed E-state index contributed by atoms with van der Waals surface area (Å²) in [6.45, 7) is 0.833. The van der Waals surface area contributed by atoms with E-state index in [-0.39, 0.29) is 0 Å². The van der Waals surface area contributed by atoms with Crippen LogP contribution in [-0.4, -0.2) is 32.7 Å². The van der Waals surface area contributed by atoms with E-state index in [2.05, 4.69) is 167 Å². The molecule has 1 aliphatic heterocycles. The molecule has 0 saturated heterocycles. The Morgan fingerprint density at radius 1 is 0.533 bits per heavy atom. The number of para-hydroxylation sites is 2. The largest absolute Gasteiger partial charge is 0.361 e. The first kappa shape index (κ1) is 25.7. The van der Waals surface area contributed by atoms with Gasteiger partial charge in [-0.2, -0.15) is 0 Å². The highest BCUT2D eigenvalue weighted by atomic mass is 15.3. The lowest BCUT2D eigenvalue weighted by Crippen LogP contribution is -2.21. The third-order valence-electron chi connectivity index (χ3n) is 9.19. The second kappa shape index (κ2) is 9.86. The topological polar surface area (TPSA) is 29.2 Å². The van der Waals surface area contributed by atoms with Gasteiger partial charge in [-0.05, 0) is 70.4 Å². The molecule has 0 fully saturated rings. The standard InChI is InChI=1S/C40H31N5/c1-42-20-21-44(26-42)32-10-7-11-33(25-32)45-38-23-30(29-15-14-27-8-3-4-9-28(27)22-29)16-18-34(38)35-19-17-31(24-39(35)45)40-41-36-12-5-6-13-37(36)43(40)2/h3-25H,26H2,1-2H3. The first-order valence-corrected chi connectivity index (χ1v) is 15.4. The van der Waals surface area contributed by atoms with Gasteiger partial charge < -0.3 is 18.9 Å². The van der Waals surface area contributed by atoms with Crippen LogP contribution in [0.15, 0.2) is 140 Å². The first-order valence-electron chi connectivity index (χ1n) is 15.4. The maximum absolute atomic E-state index is 5.03. The molecular formula is C40H31N5. The minimum atomic E-state index is 0.833. The third-order valence-corrected chi connectivity index (χ3v) is 9.19. The van der Waals surface area contributed by atoms with Crippen molar-refractivity contribution >= 4 is 49.3 Å². The van der Waals surface area contributed by atoms with Crippen LogP contribution in [0.5, 0.6) is 0 Å². The number of hydrogen-bond acceptors (Lipinski definition) is 3. The minimum Gasteiger partial charge on any atom is -0.361 e. The average Bonchev–Trinajstić information content (AvgIpc) is 3.77. The lowest BCUT2D eigenvalue weighted by molar-refractivity contribution is 0.496. The zero-order valence-corrected chi connectivity index (χ0v) is 25.2. The number of nitrogens with zero attached hydrogens (tertiary/aromatic N) is 5. The van der Waals surface area contributed by atoms with Gasteiger partial charge in [0.2, 0.25) is 0 Å². The average molecular weight is 582 g/mol. The fraction of sp³-hybridized carbons (Fsp3) is 0.0750. The lowest BCUT2D eigenvalue weighted by atomic mass is 10.00. The molecule has 1 aliphatic rings. The van der Waals surface area contributed by atoms with Gasteiger partial charge in [0.05, 0.1) is 28.7 Å². The Morgan fingerprint density at radius 2 is 1.22 bits per heavy atom. The summed E-state index contributed by atoms with van der Waals surface area (Å²) in [5, 5.41) is 4.96. The molecule has 8 aromatic rings. The summed E-state index contributed by atoms with van der Waals surface area (Å²) >= 11 is 0. The van der Waals surface area contributed by atoms with E-state index in [0.717, 1.165) is 40.3 Å². The summed E-state index contributed by atoms with van der Waals surface area (Å²) in [5.74, 6) is 0.964. The Hall–Kier alpha value is -5.81. The fourth-order valence-corrected chi connectivity index (χ4v) is 6.90. The van der Waals surface area contributed by atoms with Crippen molar-refractivity contribution in [1.29, 1.82) is 0 Å². The van der Waals surface area contributed by atoms with E-state index in [1.807, 2.05) is 6.07 Å². The van der Waals surface area contributed by atoms with Crippen molar-refractivity contribution in [2.24, 2.45) is 7.05 Å². The molecule has 5 heteroatoms. The Balaban J connectivity index is 1.29. The van der Waals surface area contributed by atoms with Crippen molar-refractivity contribution in [3.05, 3.63) is 140 Å². The van der Waals surface area contributed by atoms with E-state index >= 15 is 0 Å². The number of aryl methyl sites for hydroxylation is 1. The summed E-state index contributed by atoms with van der Waals surface area (Å²) in [4.78, 5) is 9.50. The Bertz CT molecular complexity index is 2460.